The average Bonchev–Trinajstić information content (AvgIpc) is 3.78. The van der Waals surface area contributed by atoms with Gasteiger partial charge in [0.25, 0.3) is 11.8 Å². The van der Waals surface area contributed by atoms with Gasteiger partial charge in [0, 0.05) is 47.5 Å². The summed E-state index contributed by atoms with van der Waals surface area (Å²) < 4.78 is 17.3. The van der Waals surface area contributed by atoms with Crippen LogP contribution in [0.2, 0.25) is 0 Å². The summed E-state index contributed by atoms with van der Waals surface area (Å²) in [5.41, 5.74) is 16.6. The number of aliphatic carboxylic acids is 2. The molecule has 0 radical (unpaired) electrons. The number of nitrogens with zero attached hydrogens (tertiary/aromatic N) is 4. The van der Waals surface area contributed by atoms with Gasteiger partial charge in [0.15, 0.2) is 23.0 Å². The third kappa shape index (κ3) is 10.5. The number of ether oxygens (including phenoxy) is 3. The first kappa shape index (κ1) is 50.7. The van der Waals surface area contributed by atoms with E-state index < -0.39 is 71.2 Å². The summed E-state index contributed by atoms with van der Waals surface area (Å²) >= 11 is 0. The number of anilines is 2. The number of carboxylic acids is 2. The van der Waals surface area contributed by atoms with Gasteiger partial charge >= 0.3 is 18.0 Å². The van der Waals surface area contributed by atoms with Gasteiger partial charge in [-0.15, -0.1) is 0 Å². The summed E-state index contributed by atoms with van der Waals surface area (Å²) in [7, 11) is 3.93. The molecule has 2 fully saturated rings. The van der Waals surface area contributed by atoms with E-state index in [0.717, 1.165) is 10.5 Å². The number of hydrogen-bond acceptors (Lipinski definition) is 20. The largest absolute Gasteiger partial charge is 0.480 e. The zero-order valence-corrected chi connectivity index (χ0v) is 39.2. The summed E-state index contributed by atoms with van der Waals surface area (Å²) in [6.45, 7) is 2.09. The lowest BCUT2D eigenvalue weighted by Crippen LogP contribution is -2.55. The second-order valence-corrected chi connectivity index (χ2v) is 19.0. The Morgan fingerprint density at radius 3 is 2.34 bits per heavy atom. The summed E-state index contributed by atoms with van der Waals surface area (Å²) in [5, 5.41) is 35.7. The van der Waals surface area contributed by atoms with Gasteiger partial charge in [0.05, 0.1) is 60.4 Å². The lowest BCUT2D eigenvalue weighted by molar-refractivity contribution is -0.151. The van der Waals surface area contributed by atoms with Crippen LogP contribution in [0.3, 0.4) is 0 Å². The predicted octanol–water partition coefficient (Wildman–Crippen LogP) is 0.715. The van der Waals surface area contributed by atoms with E-state index >= 15 is 0 Å². The molecule has 4 amide bonds. The molecule has 70 heavy (non-hydrogen) atoms. The number of benzene rings is 2. The quantitative estimate of drug-likeness (QED) is 0.0467. The molecule has 0 spiro atoms. The van der Waals surface area contributed by atoms with Crippen molar-refractivity contribution in [2.24, 2.45) is 23.3 Å². The second-order valence-electron chi connectivity index (χ2n) is 16.6. The van der Waals surface area contributed by atoms with Crippen LogP contribution in [-0.4, -0.2) is 146 Å². The molecule has 370 valence electrons. The highest BCUT2D eigenvalue weighted by Crippen LogP contribution is 2.59. The smallest absolute Gasteiger partial charge is 0.404 e. The first-order chi connectivity index (χ1) is 33.4. The van der Waals surface area contributed by atoms with Crippen molar-refractivity contribution < 1.29 is 62.8 Å². The minimum absolute atomic E-state index is 0.0290. The predicted molar refractivity (Wildman–Crippen MR) is 250 cm³/mol. The number of amides is 4. The topological polar surface area (TPSA) is 375 Å². The molecule has 12 N–H and O–H groups in total. The zero-order chi connectivity index (χ0) is 50.6. The van der Waals surface area contributed by atoms with E-state index in [1.807, 2.05) is 29.2 Å². The van der Waals surface area contributed by atoms with Crippen LogP contribution in [0.1, 0.15) is 51.9 Å². The molecule has 3 aromatic rings. The number of Topliss-reactive ketones (excluding diaryl/α,β-unsaturated/α-hetero) is 2. The highest BCUT2D eigenvalue weighted by atomic mass is 33.1. The van der Waals surface area contributed by atoms with E-state index in [1.54, 1.807) is 17.0 Å². The Morgan fingerprint density at radius 2 is 1.70 bits per heavy atom. The molecule has 1 aromatic heterocycles. The number of primary amides is 2. The van der Waals surface area contributed by atoms with Crippen LogP contribution in [0.4, 0.5) is 16.3 Å². The number of fused-ring (bicyclic) bond motifs is 4. The van der Waals surface area contributed by atoms with Crippen molar-refractivity contribution in [3.8, 4) is 0 Å². The molecule has 8 atom stereocenters. The lowest BCUT2D eigenvalue weighted by Gasteiger charge is -2.41. The average molecular weight is 1000 g/mol. The molecule has 2 aromatic carbocycles. The summed E-state index contributed by atoms with van der Waals surface area (Å²) in [4.78, 5) is 112. The Morgan fingerprint density at radius 1 is 1.00 bits per heavy atom. The van der Waals surface area contributed by atoms with E-state index in [9.17, 15) is 48.6 Å². The molecule has 0 saturated carbocycles. The fourth-order valence-electron chi connectivity index (χ4n) is 8.77. The van der Waals surface area contributed by atoms with Gasteiger partial charge in [-0.1, -0.05) is 33.7 Å². The number of nitrogen functional groups attached to an aromatic ring is 1. The van der Waals surface area contributed by atoms with E-state index in [-0.39, 0.29) is 97.0 Å². The molecule has 4 aliphatic rings. The maximum Gasteiger partial charge on any atom is 0.404 e. The zero-order valence-electron chi connectivity index (χ0n) is 37.5. The van der Waals surface area contributed by atoms with Crippen LogP contribution in [0.15, 0.2) is 70.9 Å². The number of allylic oxidation sites excluding steroid dienone is 1. The molecule has 7 rings (SSSR count). The van der Waals surface area contributed by atoms with Crippen LogP contribution < -0.4 is 33.2 Å². The molecule has 3 aliphatic heterocycles. The number of ketones is 2. The standard InChI is InChI=1S/C44H49N11O13S2/c1-20-32(45)36(58)31-26(17-68-43(48)65)44(66-2)37-29(15-55(44)34(31)35(20)57)54(37)19-67-16-21-3-9-25(10-4-21)70-69-18-28(42(63)64)52-30(56)12-11-27(41(61)62)53-40(60)22-5-7-23(8-6-22)49-13-24-14-50-38(46)33(51-24)39(47)59/h3-10,14,20,26-29,37,45,49H,11-13,15-19H2,1-2H3,(H2,46,50)(H2,47,59)(H2,48,65)(H,52,56)(H,53,60)(H,61,62)(H,63,64). The van der Waals surface area contributed by atoms with Crippen LogP contribution in [0.5, 0.6) is 0 Å². The number of nitrogens with one attached hydrogen (secondary N) is 4. The number of carboxylic acid groups (broad SMARTS) is 2. The summed E-state index contributed by atoms with van der Waals surface area (Å²) in [5.74, 6) is -7.82. The molecule has 2 saturated heterocycles. The molecule has 26 heteroatoms. The maximum absolute atomic E-state index is 13.4. The summed E-state index contributed by atoms with van der Waals surface area (Å²) in [6, 6.07) is 10.2. The number of hydrogen-bond donors (Lipinski definition) is 9. The van der Waals surface area contributed by atoms with Crippen molar-refractivity contribution in [2.75, 3.05) is 43.8 Å². The normalized spacial score (nSPS) is 22.9. The minimum atomic E-state index is -1.46. The number of rotatable bonds is 23. The van der Waals surface area contributed by atoms with Gasteiger partial charge in [0.2, 0.25) is 11.7 Å². The fraction of sp³-hybridized carbons (Fsp3) is 0.386. The van der Waals surface area contributed by atoms with Gasteiger partial charge < -0.3 is 67.9 Å². The van der Waals surface area contributed by atoms with Crippen LogP contribution >= 0.6 is 21.6 Å². The molecular formula is C44H49N11O13S2. The van der Waals surface area contributed by atoms with Crippen molar-refractivity contribution in [3.63, 3.8) is 0 Å². The van der Waals surface area contributed by atoms with E-state index in [0.29, 0.717) is 17.9 Å². The van der Waals surface area contributed by atoms with Gasteiger partial charge in [-0.2, -0.15) is 0 Å². The number of piperazine rings is 1. The van der Waals surface area contributed by atoms with Gasteiger partial charge in [-0.05, 0) is 55.3 Å². The minimum Gasteiger partial charge on any atom is -0.480 e. The first-order valence-corrected chi connectivity index (χ1v) is 23.9. The Balaban J connectivity index is 0.831. The second kappa shape index (κ2) is 21.2. The molecule has 8 unspecified atom stereocenters. The molecule has 4 heterocycles. The first-order valence-electron chi connectivity index (χ1n) is 21.6. The molecule has 24 nitrogen and oxygen atoms in total. The Kier molecular flexibility index (Phi) is 15.4. The molecular weight excluding hydrogens is 955 g/mol. The Bertz CT molecular complexity index is 2660. The van der Waals surface area contributed by atoms with Crippen LogP contribution in [0.25, 0.3) is 0 Å². The number of aromatic nitrogens is 2. The SMILES string of the molecule is COC12C(COC(N)=O)C3=C(C(=O)C(C)C(=N)C3=O)N1CC1C2N1COCc1ccc(SSCC(NC(=O)CCC(NC(=O)c2ccc(NCc3cnc(N)c(C(N)=O)n3)cc2)C(=O)O)C(=O)O)cc1. The van der Waals surface area contributed by atoms with Gasteiger partial charge in [-0.25, -0.2) is 24.4 Å². The van der Waals surface area contributed by atoms with Crippen molar-refractivity contribution in [2.45, 2.75) is 67.7 Å². The number of nitrogens with two attached hydrogens (primary N) is 3. The number of methoxy groups -OCH3 is 1. The number of carbonyl (C=O) groups excluding carboxylic acids is 6. The van der Waals surface area contributed by atoms with Crippen molar-refractivity contribution in [1.29, 1.82) is 5.41 Å². The van der Waals surface area contributed by atoms with Crippen molar-refractivity contribution in [3.05, 3.63) is 88.5 Å². The number of carbonyl (C=O) groups is 8. The third-order valence-corrected chi connectivity index (χ3v) is 14.7. The fourth-order valence-corrected chi connectivity index (χ4v) is 10.9. The monoisotopic (exact) mass is 1000 g/mol. The highest BCUT2D eigenvalue weighted by molar-refractivity contribution is 8.76. The van der Waals surface area contributed by atoms with Crippen molar-refractivity contribution >= 4 is 86.1 Å². The van der Waals surface area contributed by atoms with Gasteiger partial charge in [-0.3, -0.25) is 28.9 Å². The third-order valence-electron chi connectivity index (χ3n) is 12.3. The lowest BCUT2D eigenvalue weighted by atomic mass is 9.79. The van der Waals surface area contributed by atoms with Gasteiger partial charge in [0.1, 0.15) is 25.4 Å². The molecule has 1 aliphatic carbocycles. The maximum atomic E-state index is 13.4. The van der Waals surface area contributed by atoms with E-state index in [2.05, 4.69) is 25.9 Å². The van der Waals surface area contributed by atoms with Crippen LogP contribution in [0, 0.1) is 17.2 Å². The Hall–Kier alpha value is -7.13. The highest BCUT2D eigenvalue weighted by Gasteiger charge is 2.76. The van der Waals surface area contributed by atoms with E-state index in [1.165, 1.54) is 54.0 Å². The molecule has 0 bridgehead atoms. The van der Waals surface area contributed by atoms with Crippen molar-refractivity contribution in [1.82, 2.24) is 30.4 Å². The van der Waals surface area contributed by atoms with Crippen LogP contribution in [-0.2, 0) is 51.3 Å². The van der Waals surface area contributed by atoms with E-state index in [4.69, 9.17) is 36.8 Å². The Labute approximate surface area is 406 Å². The summed E-state index contributed by atoms with van der Waals surface area (Å²) in [6.07, 6.45) is -0.387.